The molecule has 0 N–H and O–H groups in total. The summed E-state index contributed by atoms with van der Waals surface area (Å²) in [6, 6.07) is 4.29. The van der Waals surface area contributed by atoms with Crippen LogP contribution in [-0.2, 0) is 0 Å². The zero-order valence-electron chi connectivity index (χ0n) is 10.7. The van der Waals surface area contributed by atoms with Crippen molar-refractivity contribution in [3.05, 3.63) is 41.3 Å². The van der Waals surface area contributed by atoms with Gasteiger partial charge >= 0.3 is 6.36 Å². The Morgan fingerprint density at radius 1 is 1.14 bits per heavy atom. The summed E-state index contributed by atoms with van der Waals surface area (Å²) in [5, 5.41) is 0.267. The van der Waals surface area contributed by atoms with E-state index < -0.39 is 6.36 Å². The van der Waals surface area contributed by atoms with E-state index in [-0.39, 0.29) is 16.8 Å². The van der Waals surface area contributed by atoms with Gasteiger partial charge in [0, 0.05) is 5.56 Å². The van der Waals surface area contributed by atoms with E-state index in [1.807, 2.05) is 0 Å². The molecule has 7 heteroatoms. The van der Waals surface area contributed by atoms with Crippen LogP contribution in [-0.4, -0.2) is 16.3 Å². The van der Waals surface area contributed by atoms with Crippen LogP contribution in [0.25, 0.3) is 11.3 Å². The summed E-state index contributed by atoms with van der Waals surface area (Å²) in [5.41, 5.74) is 2.14. The number of hydrogen-bond donors (Lipinski definition) is 0. The van der Waals surface area contributed by atoms with E-state index in [0.29, 0.717) is 5.69 Å². The van der Waals surface area contributed by atoms with Crippen molar-refractivity contribution < 1.29 is 17.9 Å². The van der Waals surface area contributed by atoms with Crippen molar-refractivity contribution in [2.45, 2.75) is 25.1 Å². The van der Waals surface area contributed by atoms with Gasteiger partial charge in [-0.3, -0.25) is 4.98 Å². The van der Waals surface area contributed by atoms with E-state index in [0.717, 1.165) is 24.0 Å². The summed E-state index contributed by atoms with van der Waals surface area (Å²) in [6.07, 6.45) is 0.122. The molecule has 1 aliphatic carbocycles. The van der Waals surface area contributed by atoms with E-state index in [9.17, 15) is 13.2 Å². The molecule has 0 radical (unpaired) electrons. The average Bonchev–Trinajstić information content (AvgIpc) is 3.22. The quantitative estimate of drug-likeness (QED) is 0.832. The second-order valence-electron chi connectivity index (χ2n) is 4.80. The molecule has 110 valence electrons. The summed E-state index contributed by atoms with van der Waals surface area (Å²) in [7, 11) is 0. The maximum absolute atomic E-state index is 12.3. The third-order valence-electron chi connectivity index (χ3n) is 3.17. The molecule has 1 aromatic heterocycles. The standard InChI is InChI=1S/C14H10ClF3N2O/c15-13-7-19-12(6-20-13)10-4-3-9(21-14(16,17)18)5-11(10)8-1-2-8/h3-8H,1-2H2. The highest BCUT2D eigenvalue weighted by atomic mass is 35.5. The maximum atomic E-state index is 12.3. The lowest BCUT2D eigenvalue weighted by atomic mass is 10.0. The molecule has 0 spiro atoms. The third-order valence-corrected chi connectivity index (χ3v) is 3.37. The second-order valence-corrected chi connectivity index (χ2v) is 5.18. The number of hydrogen-bond acceptors (Lipinski definition) is 3. The SMILES string of the molecule is FC(F)(F)Oc1ccc(-c2cnc(Cl)cn2)c(C2CC2)c1. The Hall–Kier alpha value is -1.82. The van der Waals surface area contributed by atoms with Crippen LogP contribution >= 0.6 is 11.6 Å². The predicted molar refractivity (Wildman–Crippen MR) is 71.1 cm³/mol. The van der Waals surface area contributed by atoms with Gasteiger partial charge in [-0.2, -0.15) is 0 Å². The molecule has 3 nitrogen and oxygen atoms in total. The molecule has 0 unspecified atom stereocenters. The Morgan fingerprint density at radius 3 is 2.48 bits per heavy atom. The minimum atomic E-state index is -4.69. The Morgan fingerprint density at radius 2 is 1.90 bits per heavy atom. The van der Waals surface area contributed by atoms with Gasteiger partial charge in [0.15, 0.2) is 0 Å². The molecule has 0 amide bonds. The second kappa shape index (κ2) is 5.18. The fraction of sp³-hybridized carbons (Fsp3) is 0.286. The maximum Gasteiger partial charge on any atom is 0.573 e. The first-order valence-electron chi connectivity index (χ1n) is 6.30. The van der Waals surface area contributed by atoms with Gasteiger partial charge in [0.2, 0.25) is 0 Å². The number of ether oxygens (including phenoxy) is 1. The Kier molecular flexibility index (Phi) is 3.49. The van der Waals surface area contributed by atoms with Gasteiger partial charge in [0.25, 0.3) is 0 Å². The Labute approximate surface area is 123 Å². The molecule has 21 heavy (non-hydrogen) atoms. The van der Waals surface area contributed by atoms with E-state index in [1.165, 1.54) is 24.5 Å². The molecule has 0 saturated heterocycles. The number of aromatic nitrogens is 2. The van der Waals surface area contributed by atoms with Gasteiger partial charge in [-0.1, -0.05) is 11.6 Å². The third kappa shape index (κ3) is 3.44. The van der Waals surface area contributed by atoms with E-state index in [1.54, 1.807) is 6.07 Å². The minimum absolute atomic E-state index is 0.213. The first-order chi connectivity index (χ1) is 9.92. The van der Waals surface area contributed by atoms with Crippen LogP contribution in [0.3, 0.4) is 0 Å². The first kappa shape index (κ1) is 14.1. The summed E-state index contributed by atoms with van der Waals surface area (Å²) in [6.45, 7) is 0. The van der Waals surface area contributed by atoms with Crippen molar-refractivity contribution in [1.29, 1.82) is 0 Å². The van der Waals surface area contributed by atoms with Crippen molar-refractivity contribution in [2.24, 2.45) is 0 Å². The zero-order chi connectivity index (χ0) is 15.0. The van der Waals surface area contributed by atoms with Crippen molar-refractivity contribution in [3.8, 4) is 17.0 Å². The summed E-state index contributed by atoms with van der Waals surface area (Å²) < 4.78 is 40.9. The number of alkyl halides is 3. The van der Waals surface area contributed by atoms with Crippen molar-refractivity contribution in [1.82, 2.24) is 9.97 Å². The molecule has 0 aliphatic heterocycles. The lowest BCUT2D eigenvalue weighted by molar-refractivity contribution is -0.274. The van der Waals surface area contributed by atoms with Gasteiger partial charge in [0.1, 0.15) is 10.9 Å². The van der Waals surface area contributed by atoms with E-state index >= 15 is 0 Å². The smallest absolute Gasteiger partial charge is 0.406 e. The summed E-state index contributed by atoms with van der Waals surface area (Å²) in [4.78, 5) is 8.12. The molecular weight excluding hydrogens is 305 g/mol. The van der Waals surface area contributed by atoms with Gasteiger partial charge in [0.05, 0.1) is 18.1 Å². The van der Waals surface area contributed by atoms with Crippen LogP contribution in [0.15, 0.2) is 30.6 Å². The highest BCUT2D eigenvalue weighted by Crippen LogP contribution is 2.45. The monoisotopic (exact) mass is 314 g/mol. The summed E-state index contributed by atoms with van der Waals surface area (Å²) in [5.74, 6) is 0.0318. The molecule has 3 rings (SSSR count). The number of halogens is 4. The normalized spacial score (nSPS) is 15.0. The largest absolute Gasteiger partial charge is 0.573 e. The lowest BCUT2D eigenvalue weighted by Gasteiger charge is -2.13. The highest BCUT2D eigenvalue weighted by Gasteiger charge is 2.33. The fourth-order valence-electron chi connectivity index (χ4n) is 2.15. The molecule has 2 aromatic rings. The van der Waals surface area contributed by atoms with Crippen molar-refractivity contribution >= 4 is 11.6 Å². The fourth-order valence-corrected chi connectivity index (χ4v) is 2.25. The average molecular weight is 315 g/mol. The molecule has 1 heterocycles. The van der Waals surface area contributed by atoms with Crippen LogP contribution in [0.5, 0.6) is 5.75 Å². The van der Waals surface area contributed by atoms with Crippen LogP contribution in [0, 0.1) is 0 Å². The molecule has 0 bridgehead atoms. The molecular formula is C14H10ClF3N2O. The highest BCUT2D eigenvalue weighted by molar-refractivity contribution is 6.29. The van der Waals surface area contributed by atoms with Gasteiger partial charge in [-0.25, -0.2) is 4.98 Å². The van der Waals surface area contributed by atoms with Crippen molar-refractivity contribution in [3.63, 3.8) is 0 Å². The lowest BCUT2D eigenvalue weighted by Crippen LogP contribution is -2.17. The zero-order valence-corrected chi connectivity index (χ0v) is 11.4. The van der Waals surface area contributed by atoms with E-state index in [2.05, 4.69) is 14.7 Å². The number of benzene rings is 1. The van der Waals surface area contributed by atoms with Crippen LogP contribution in [0.4, 0.5) is 13.2 Å². The van der Waals surface area contributed by atoms with Crippen LogP contribution in [0.2, 0.25) is 5.15 Å². The summed E-state index contributed by atoms with van der Waals surface area (Å²) >= 11 is 5.69. The predicted octanol–water partition coefficient (Wildman–Crippen LogP) is 4.57. The molecule has 1 saturated carbocycles. The number of rotatable bonds is 3. The van der Waals surface area contributed by atoms with E-state index in [4.69, 9.17) is 11.6 Å². The van der Waals surface area contributed by atoms with Crippen LogP contribution in [0.1, 0.15) is 24.3 Å². The molecule has 1 aliphatic rings. The number of nitrogens with zero attached hydrogens (tertiary/aromatic N) is 2. The first-order valence-corrected chi connectivity index (χ1v) is 6.68. The Balaban J connectivity index is 1.99. The molecule has 0 atom stereocenters. The molecule has 1 aromatic carbocycles. The Bertz CT molecular complexity index is 654. The van der Waals surface area contributed by atoms with Gasteiger partial charge < -0.3 is 4.74 Å². The topological polar surface area (TPSA) is 35.0 Å². The van der Waals surface area contributed by atoms with Crippen molar-refractivity contribution in [2.75, 3.05) is 0 Å². The van der Waals surface area contributed by atoms with Crippen LogP contribution < -0.4 is 4.74 Å². The van der Waals surface area contributed by atoms with Gasteiger partial charge in [-0.15, -0.1) is 13.2 Å². The van der Waals surface area contributed by atoms with Gasteiger partial charge in [-0.05, 0) is 42.5 Å². The molecule has 1 fully saturated rings. The minimum Gasteiger partial charge on any atom is -0.406 e.